The predicted molar refractivity (Wildman–Crippen MR) is 121 cm³/mol. The molecule has 0 spiro atoms. The molecular weight excluding hydrogens is 432 g/mol. The predicted octanol–water partition coefficient (Wildman–Crippen LogP) is 0.0696. The van der Waals surface area contributed by atoms with E-state index in [0.29, 0.717) is 38.4 Å². The minimum absolute atomic E-state index is 0.111. The molecule has 4 rings (SSSR count). The summed E-state index contributed by atoms with van der Waals surface area (Å²) in [5.74, 6) is 0.234. The van der Waals surface area contributed by atoms with Crippen molar-refractivity contribution in [2.45, 2.75) is 25.3 Å². The number of rotatable bonds is 5. The maximum absolute atomic E-state index is 12.9. The van der Waals surface area contributed by atoms with Crippen molar-refractivity contribution in [1.82, 2.24) is 23.6 Å². The summed E-state index contributed by atoms with van der Waals surface area (Å²) in [6.07, 6.45) is 2.67. The highest BCUT2D eigenvalue weighted by Crippen LogP contribution is 2.26. The van der Waals surface area contributed by atoms with E-state index in [1.165, 1.54) is 19.8 Å². The summed E-state index contributed by atoms with van der Waals surface area (Å²) in [6.45, 7) is 3.34. The van der Waals surface area contributed by atoms with E-state index >= 15 is 0 Å². The van der Waals surface area contributed by atoms with Crippen molar-refractivity contribution in [3.8, 4) is 0 Å². The lowest BCUT2D eigenvalue weighted by Gasteiger charge is -2.36. The van der Waals surface area contributed by atoms with Gasteiger partial charge in [0.25, 0.3) is 0 Å². The van der Waals surface area contributed by atoms with Crippen LogP contribution in [0.3, 0.4) is 0 Å². The van der Waals surface area contributed by atoms with E-state index in [9.17, 15) is 18.0 Å². The Hall–Kier alpha value is -2.66. The molecule has 0 N–H and O–H groups in total. The summed E-state index contributed by atoms with van der Waals surface area (Å²) in [7, 11) is -1.67. The molecule has 174 valence electrons. The molecule has 2 aromatic rings. The van der Waals surface area contributed by atoms with E-state index in [0.717, 1.165) is 25.2 Å². The average Bonchev–Trinajstić information content (AvgIpc) is 3.08. The molecule has 2 aliphatic rings. The Bertz CT molecular complexity index is 1120. The van der Waals surface area contributed by atoms with Gasteiger partial charge in [-0.1, -0.05) is 18.2 Å². The summed E-state index contributed by atoms with van der Waals surface area (Å²) >= 11 is 0. The van der Waals surface area contributed by atoms with Gasteiger partial charge in [-0.05, 0) is 25.0 Å². The summed E-state index contributed by atoms with van der Waals surface area (Å²) in [4.78, 5) is 29.6. The Kier molecular flexibility index (Phi) is 6.38. The van der Waals surface area contributed by atoms with Crippen molar-refractivity contribution in [1.29, 1.82) is 0 Å². The largest absolute Gasteiger partial charge is 0.368 e. The van der Waals surface area contributed by atoms with E-state index in [4.69, 9.17) is 0 Å². The molecule has 0 radical (unpaired) electrons. The number of nitrogens with zero attached hydrogens (tertiary/aromatic N) is 6. The zero-order chi connectivity index (χ0) is 22.9. The highest BCUT2D eigenvalue weighted by Gasteiger charge is 2.31. The van der Waals surface area contributed by atoms with E-state index < -0.39 is 10.0 Å². The molecule has 32 heavy (non-hydrogen) atoms. The first kappa shape index (κ1) is 22.5. The third-order valence-corrected chi connectivity index (χ3v) is 7.60. The van der Waals surface area contributed by atoms with Crippen LogP contribution in [-0.2, 0) is 28.4 Å². The number of amides is 1. The first-order valence-corrected chi connectivity index (χ1v) is 12.8. The van der Waals surface area contributed by atoms with E-state index in [1.54, 1.807) is 11.9 Å². The average molecular weight is 463 g/mol. The van der Waals surface area contributed by atoms with Gasteiger partial charge in [0.05, 0.1) is 6.26 Å². The Morgan fingerprint density at radius 3 is 2.44 bits per heavy atom. The smallest absolute Gasteiger partial charge is 0.346 e. The van der Waals surface area contributed by atoms with Crippen LogP contribution < -0.4 is 10.6 Å². The molecule has 11 heteroatoms. The molecular formula is C21H30N6O4S. The molecule has 2 saturated heterocycles. The van der Waals surface area contributed by atoms with Crippen LogP contribution in [-0.4, -0.2) is 83.4 Å². The number of benzene rings is 1. The van der Waals surface area contributed by atoms with Crippen molar-refractivity contribution in [2.24, 2.45) is 7.05 Å². The van der Waals surface area contributed by atoms with Gasteiger partial charge in [-0.3, -0.25) is 9.36 Å². The minimum Gasteiger partial charge on any atom is -0.368 e. The quantitative estimate of drug-likeness (QED) is 0.623. The zero-order valence-corrected chi connectivity index (χ0v) is 19.4. The van der Waals surface area contributed by atoms with Crippen LogP contribution in [0.15, 0.2) is 35.1 Å². The molecule has 2 aliphatic heterocycles. The SMILES string of the molecule is Cn1c(C2CCCN(S(C)(=O)=O)C2)nn(CC(=O)N2CCN(c3ccccc3)CC2)c1=O. The second-order valence-electron chi connectivity index (χ2n) is 8.52. The maximum Gasteiger partial charge on any atom is 0.346 e. The Balaban J connectivity index is 1.41. The van der Waals surface area contributed by atoms with Gasteiger partial charge in [-0.2, -0.15) is 5.10 Å². The van der Waals surface area contributed by atoms with Crippen LogP contribution in [0, 0.1) is 0 Å². The van der Waals surface area contributed by atoms with Gasteiger partial charge in [0.2, 0.25) is 15.9 Å². The lowest BCUT2D eigenvalue weighted by atomic mass is 9.99. The van der Waals surface area contributed by atoms with Gasteiger partial charge >= 0.3 is 5.69 Å². The number of carbonyl (C=O) groups excluding carboxylic acids is 1. The summed E-state index contributed by atoms with van der Waals surface area (Å²) in [5.41, 5.74) is 0.786. The molecule has 2 fully saturated rings. The van der Waals surface area contributed by atoms with Crippen molar-refractivity contribution >= 4 is 21.6 Å². The van der Waals surface area contributed by atoms with Crippen LogP contribution in [0.5, 0.6) is 0 Å². The Labute approximate surface area is 188 Å². The van der Waals surface area contributed by atoms with Crippen LogP contribution in [0.2, 0.25) is 0 Å². The number of hydrogen-bond donors (Lipinski definition) is 0. The number of anilines is 1. The third kappa shape index (κ3) is 4.73. The molecule has 1 aromatic heterocycles. The van der Waals surface area contributed by atoms with Crippen molar-refractivity contribution in [3.05, 3.63) is 46.6 Å². The number of hydrogen-bond acceptors (Lipinski definition) is 6. The van der Waals surface area contributed by atoms with Crippen LogP contribution >= 0.6 is 0 Å². The van der Waals surface area contributed by atoms with Crippen molar-refractivity contribution < 1.29 is 13.2 Å². The number of para-hydroxylation sites is 1. The van der Waals surface area contributed by atoms with Gasteiger partial charge in [0.1, 0.15) is 12.4 Å². The molecule has 0 aliphatic carbocycles. The second kappa shape index (κ2) is 9.07. The van der Waals surface area contributed by atoms with Gasteiger partial charge in [-0.15, -0.1) is 0 Å². The monoisotopic (exact) mass is 462 g/mol. The molecule has 10 nitrogen and oxygen atoms in total. The molecule has 0 bridgehead atoms. The van der Waals surface area contributed by atoms with Crippen LogP contribution in [0.1, 0.15) is 24.6 Å². The number of aromatic nitrogens is 3. The normalized spacial score (nSPS) is 20.5. The topological polar surface area (TPSA) is 101 Å². The van der Waals surface area contributed by atoms with Gasteiger partial charge in [0, 0.05) is 57.9 Å². The third-order valence-electron chi connectivity index (χ3n) is 6.33. The van der Waals surface area contributed by atoms with Crippen molar-refractivity contribution in [3.63, 3.8) is 0 Å². The molecule has 0 saturated carbocycles. The van der Waals surface area contributed by atoms with Crippen LogP contribution in [0.4, 0.5) is 5.69 Å². The highest BCUT2D eigenvalue weighted by atomic mass is 32.2. The summed E-state index contributed by atoms with van der Waals surface area (Å²) < 4.78 is 27.9. The number of piperidine rings is 1. The first-order chi connectivity index (χ1) is 15.2. The fraction of sp³-hybridized carbons (Fsp3) is 0.571. The lowest BCUT2D eigenvalue weighted by Crippen LogP contribution is -2.50. The summed E-state index contributed by atoms with van der Waals surface area (Å²) in [5, 5.41) is 4.43. The fourth-order valence-electron chi connectivity index (χ4n) is 4.50. The summed E-state index contributed by atoms with van der Waals surface area (Å²) in [6, 6.07) is 10.1. The maximum atomic E-state index is 12.9. The van der Waals surface area contributed by atoms with E-state index in [1.807, 2.05) is 18.2 Å². The second-order valence-corrected chi connectivity index (χ2v) is 10.5. The zero-order valence-electron chi connectivity index (χ0n) is 18.6. The van der Waals surface area contributed by atoms with Gasteiger partial charge < -0.3 is 9.80 Å². The minimum atomic E-state index is -3.29. The van der Waals surface area contributed by atoms with E-state index in [-0.39, 0.29) is 24.1 Å². The number of sulfonamides is 1. The molecule has 1 unspecified atom stereocenters. The fourth-order valence-corrected chi connectivity index (χ4v) is 5.41. The molecule has 3 heterocycles. The Morgan fingerprint density at radius 1 is 1.09 bits per heavy atom. The van der Waals surface area contributed by atoms with Crippen molar-refractivity contribution in [2.75, 3.05) is 50.4 Å². The number of carbonyl (C=O) groups is 1. The molecule has 1 aromatic carbocycles. The van der Waals surface area contributed by atoms with Gasteiger partial charge in [0.15, 0.2) is 0 Å². The molecule has 1 atom stereocenters. The van der Waals surface area contributed by atoms with E-state index in [2.05, 4.69) is 22.1 Å². The highest BCUT2D eigenvalue weighted by molar-refractivity contribution is 7.88. The Morgan fingerprint density at radius 2 is 1.78 bits per heavy atom. The molecule has 1 amide bonds. The number of piperazine rings is 1. The van der Waals surface area contributed by atoms with Gasteiger partial charge in [-0.25, -0.2) is 22.2 Å². The van der Waals surface area contributed by atoms with Crippen LogP contribution in [0.25, 0.3) is 0 Å². The first-order valence-electron chi connectivity index (χ1n) is 10.9. The lowest BCUT2D eigenvalue weighted by molar-refractivity contribution is -0.132. The standard InChI is InChI=1S/C21H30N6O4S/c1-23-20(17-7-6-10-26(15-17)32(2,30)31)22-27(21(23)29)16-19(28)25-13-11-24(12-14-25)18-8-4-3-5-9-18/h3-5,8-9,17H,6-7,10-16H2,1-2H3.